The summed E-state index contributed by atoms with van der Waals surface area (Å²) in [5.74, 6) is -0.466. The monoisotopic (exact) mass is 325 g/mol. The summed E-state index contributed by atoms with van der Waals surface area (Å²) in [6.45, 7) is 0. The molecule has 1 aromatic heterocycles. The van der Waals surface area contributed by atoms with Gasteiger partial charge in [0, 0.05) is 28.5 Å². The normalized spacial score (nSPS) is 14.6. The van der Waals surface area contributed by atoms with Gasteiger partial charge in [0.1, 0.15) is 5.75 Å². The van der Waals surface area contributed by atoms with Crippen molar-refractivity contribution < 1.29 is 14.7 Å². The Morgan fingerprint density at radius 2 is 1.32 bits per heavy atom. The highest BCUT2D eigenvalue weighted by atomic mass is 16.3. The Hall–Kier alpha value is -3.53. The van der Waals surface area contributed by atoms with Crippen LogP contribution in [0.2, 0.25) is 0 Å². The fraction of sp³-hybridized carbons (Fsp3) is 0. The molecule has 1 N–H and O–H groups in total. The van der Waals surface area contributed by atoms with Crippen LogP contribution in [0, 0.1) is 0 Å². The van der Waals surface area contributed by atoms with Crippen LogP contribution >= 0.6 is 0 Å². The minimum atomic E-state index is -0.276. The van der Waals surface area contributed by atoms with Gasteiger partial charge in [-0.15, -0.1) is 0 Å². The van der Waals surface area contributed by atoms with Crippen LogP contribution in [0.5, 0.6) is 5.75 Å². The topological polar surface area (TPSA) is 67.3 Å². The zero-order valence-electron chi connectivity index (χ0n) is 13.0. The molecular formula is C21H11NO3. The number of hydrogen-bond donors (Lipinski definition) is 1. The molecule has 25 heavy (non-hydrogen) atoms. The number of nitrogens with zero attached hydrogens (tertiary/aromatic N) is 1. The fourth-order valence-electron chi connectivity index (χ4n) is 3.70. The number of phenolic OH excluding ortho intramolecular Hbond substituents is 1. The molecule has 2 aliphatic rings. The van der Waals surface area contributed by atoms with Gasteiger partial charge in [0.25, 0.3) is 0 Å². The number of phenols is 1. The summed E-state index contributed by atoms with van der Waals surface area (Å²) < 4.78 is 0. The molecule has 118 valence electrons. The number of carbonyl (C=O) groups excluding carboxylic acids is 2. The summed E-state index contributed by atoms with van der Waals surface area (Å²) in [6, 6.07) is 15.5. The number of allylic oxidation sites excluding steroid dienone is 1. The number of Topliss-reactive ketones (excluding diaryl/α,β-unsaturated/α-hetero) is 2. The molecule has 0 spiro atoms. The van der Waals surface area contributed by atoms with Gasteiger partial charge >= 0.3 is 0 Å². The zero-order valence-corrected chi connectivity index (χ0v) is 13.0. The summed E-state index contributed by atoms with van der Waals surface area (Å²) in [5, 5.41) is 10.3. The minimum Gasteiger partial charge on any atom is -0.507 e. The average Bonchev–Trinajstić information content (AvgIpc) is 3.09. The van der Waals surface area contributed by atoms with E-state index >= 15 is 0 Å². The molecule has 0 unspecified atom stereocenters. The molecule has 0 aliphatic heterocycles. The Morgan fingerprint density at radius 3 is 2.04 bits per heavy atom. The van der Waals surface area contributed by atoms with Crippen LogP contribution in [0.15, 0.2) is 66.4 Å². The van der Waals surface area contributed by atoms with Crippen molar-refractivity contribution in [1.29, 1.82) is 0 Å². The number of carbonyl (C=O) groups is 2. The summed E-state index contributed by atoms with van der Waals surface area (Å²) >= 11 is 0. The second-order valence-electron chi connectivity index (χ2n) is 6.05. The molecule has 0 radical (unpaired) electrons. The number of aromatic nitrogens is 1. The largest absolute Gasteiger partial charge is 0.507 e. The molecule has 2 aromatic carbocycles. The first kappa shape index (κ1) is 13.9. The third kappa shape index (κ3) is 1.68. The predicted molar refractivity (Wildman–Crippen MR) is 92.5 cm³/mol. The van der Waals surface area contributed by atoms with E-state index in [1.807, 2.05) is 12.1 Å². The first-order valence-electron chi connectivity index (χ1n) is 7.89. The Labute approximate surface area is 143 Å². The van der Waals surface area contributed by atoms with E-state index in [4.69, 9.17) is 0 Å². The molecular weight excluding hydrogens is 314 g/mol. The van der Waals surface area contributed by atoms with Gasteiger partial charge < -0.3 is 5.11 Å². The summed E-state index contributed by atoms with van der Waals surface area (Å²) in [5.41, 5.74) is 4.08. The number of aromatic hydroxyl groups is 1. The number of rotatable bonds is 0. The minimum absolute atomic E-state index is 0.0865. The molecule has 0 atom stereocenters. The van der Waals surface area contributed by atoms with Gasteiger partial charge in [0.15, 0.2) is 11.6 Å². The van der Waals surface area contributed by atoms with Crippen LogP contribution in [-0.4, -0.2) is 21.7 Å². The number of fused-ring (bicyclic) bond motifs is 4. The standard InChI is InChI=1S/C21H11NO3/c23-15-9-3-7-13-16(14-8-4-10-22-19(14)17(13)15)18-20(24)11-5-1-2-6-12(11)21(18)25/h1-10,23H. The van der Waals surface area contributed by atoms with Crippen LogP contribution in [0.3, 0.4) is 0 Å². The van der Waals surface area contributed by atoms with Crippen molar-refractivity contribution in [2.45, 2.75) is 0 Å². The van der Waals surface area contributed by atoms with Gasteiger partial charge in [-0.1, -0.05) is 42.5 Å². The lowest BCUT2D eigenvalue weighted by Crippen LogP contribution is -2.05. The van der Waals surface area contributed by atoms with Gasteiger partial charge in [-0.2, -0.15) is 0 Å². The fourth-order valence-corrected chi connectivity index (χ4v) is 3.70. The molecule has 1 heterocycles. The SMILES string of the molecule is O=C1C(=C2c3cccnc3-c3c(O)cccc32)C(=O)c2ccccc21. The third-order valence-electron chi connectivity index (χ3n) is 4.75. The van der Waals surface area contributed by atoms with Crippen LogP contribution < -0.4 is 0 Å². The molecule has 3 aromatic rings. The highest BCUT2D eigenvalue weighted by Gasteiger charge is 2.39. The number of ketones is 2. The van der Waals surface area contributed by atoms with E-state index in [9.17, 15) is 14.7 Å². The van der Waals surface area contributed by atoms with Crippen molar-refractivity contribution in [1.82, 2.24) is 4.98 Å². The Bertz CT molecular complexity index is 1100. The lowest BCUT2D eigenvalue weighted by atomic mass is 9.95. The van der Waals surface area contributed by atoms with Gasteiger partial charge in [-0.25, -0.2) is 0 Å². The lowest BCUT2D eigenvalue weighted by molar-refractivity contribution is 0.0990. The quantitative estimate of drug-likeness (QED) is 0.396. The highest BCUT2D eigenvalue weighted by molar-refractivity contribution is 6.43. The van der Waals surface area contributed by atoms with E-state index in [0.717, 1.165) is 0 Å². The molecule has 0 saturated carbocycles. The van der Waals surface area contributed by atoms with E-state index in [1.54, 1.807) is 48.7 Å². The molecule has 0 fully saturated rings. The van der Waals surface area contributed by atoms with Crippen LogP contribution in [0.4, 0.5) is 0 Å². The van der Waals surface area contributed by atoms with Crippen molar-refractivity contribution in [3.63, 3.8) is 0 Å². The number of benzene rings is 2. The van der Waals surface area contributed by atoms with Crippen LogP contribution in [-0.2, 0) is 0 Å². The second kappa shape index (κ2) is 4.74. The van der Waals surface area contributed by atoms with Crippen molar-refractivity contribution >= 4 is 17.1 Å². The van der Waals surface area contributed by atoms with Crippen molar-refractivity contribution in [3.05, 3.63) is 88.6 Å². The first-order valence-corrected chi connectivity index (χ1v) is 7.89. The maximum Gasteiger partial charge on any atom is 0.198 e. The molecule has 4 heteroatoms. The molecule has 4 nitrogen and oxygen atoms in total. The smallest absolute Gasteiger partial charge is 0.198 e. The summed E-state index contributed by atoms with van der Waals surface area (Å²) in [4.78, 5) is 30.2. The van der Waals surface area contributed by atoms with Gasteiger partial charge in [0.2, 0.25) is 0 Å². The number of hydrogen-bond acceptors (Lipinski definition) is 4. The maximum atomic E-state index is 12.9. The molecule has 5 rings (SSSR count). The van der Waals surface area contributed by atoms with E-state index in [2.05, 4.69) is 4.98 Å². The van der Waals surface area contributed by atoms with E-state index in [1.165, 1.54) is 0 Å². The van der Waals surface area contributed by atoms with Crippen molar-refractivity contribution in [3.8, 4) is 17.0 Å². The van der Waals surface area contributed by atoms with Crippen molar-refractivity contribution in [2.75, 3.05) is 0 Å². The molecule has 0 amide bonds. The predicted octanol–water partition coefficient (Wildman–Crippen LogP) is 3.65. The third-order valence-corrected chi connectivity index (χ3v) is 4.75. The van der Waals surface area contributed by atoms with E-state index in [0.29, 0.717) is 39.1 Å². The highest BCUT2D eigenvalue weighted by Crippen LogP contribution is 2.49. The van der Waals surface area contributed by atoms with Crippen molar-refractivity contribution in [2.24, 2.45) is 0 Å². The number of pyridine rings is 1. The van der Waals surface area contributed by atoms with Crippen LogP contribution in [0.25, 0.3) is 16.8 Å². The Balaban J connectivity index is 1.91. The average molecular weight is 325 g/mol. The Kier molecular flexibility index (Phi) is 2.63. The van der Waals surface area contributed by atoms with Gasteiger partial charge in [-0.05, 0) is 17.7 Å². The lowest BCUT2D eigenvalue weighted by Gasteiger charge is -2.06. The van der Waals surface area contributed by atoms with Gasteiger partial charge in [0.05, 0.1) is 16.8 Å². The maximum absolute atomic E-state index is 12.9. The van der Waals surface area contributed by atoms with E-state index in [-0.39, 0.29) is 22.9 Å². The second-order valence-corrected chi connectivity index (χ2v) is 6.05. The summed E-state index contributed by atoms with van der Waals surface area (Å²) in [7, 11) is 0. The van der Waals surface area contributed by atoms with Crippen LogP contribution in [0.1, 0.15) is 31.8 Å². The van der Waals surface area contributed by atoms with Gasteiger partial charge in [-0.3, -0.25) is 14.6 Å². The molecule has 0 bridgehead atoms. The zero-order chi connectivity index (χ0) is 17.1. The van der Waals surface area contributed by atoms with E-state index < -0.39 is 0 Å². The Morgan fingerprint density at radius 1 is 0.680 bits per heavy atom. The molecule has 0 saturated heterocycles. The molecule has 2 aliphatic carbocycles. The first-order chi connectivity index (χ1) is 12.2. The summed E-state index contributed by atoms with van der Waals surface area (Å²) in [6.07, 6.45) is 1.63.